The Labute approximate surface area is 170 Å². The van der Waals surface area contributed by atoms with Crippen LogP contribution in [0.1, 0.15) is 20.7 Å². The molecule has 0 bridgehead atoms. The summed E-state index contributed by atoms with van der Waals surface area (Å²) in [6.45, 7) is -0.759. The second-order valence-electron chi connectivity index (χ2n) is 5.37. The Morgan fingerprint density at radius 1 is 0.926 bits per heavy atom. The van der Waals surface area contributed by atoms with Crippen molar-refractivity contribution in [1.29, 1.82) is 0 Å². The third kappa shape index (κ3) is 3.36. The molecule has 2 aromatic rings. The molecule has 1 heterocycles. The minimum atomic E-state index is -1.02. The van der Waals surface area contributed by atoms with Crippen LogP contribution in [0.15, 0.2) is 18.2 Å². The predicted molar refractivity (Wildman–Crippen MR) is 96.8 cm³/mol. The lowest BCUT2D eigenvalue weighted by Gasteiger charge is -2.14. The summed E-state index contributed by atoms with van der Waals surface area (Å²) >= 11 is 23.7. The average Bonchev–Trinajstić information content (AvgIpc) is 2.85. The van der Waals surface area contributed by atoms with Gasteiger partial charge in [-0.2, -0.15) is 0 Å². The molecule has 0 unspecified atom stereocenters. The number of carbonyl (C=O) groups excluding carboxylic acids is 3. The van der Waals surface area contributed by atoms with Crippen LogP contribution in [0.5, 0.6) is 0 Å². The second-order valence-corrected chi connectivity index (χ2v) is 6.89. The topological polar surface area (TPSA) is 66.5 Å². The highest BCUT2D eigenvalue weighted by Crippen LogP contribution is 2.44. The van der Waals surface area contributed by atoms with Gasteiger partial charge in [-0.1, -0.05) is 46.4 Å². The van der Waals surface area contributed by atoms with Crippen LogP contribution in [0, 0.1) is 11.6 Å². The van der Waals surface area contributed by atoms with Crippen LogP contribution in [0.4, 0.5) is 14.5 Å². The number of imide groups is 1. The van der Waals surface area contributed by atoms with Gasteiger partial charge in [-0.3, -0.25) is 19.3 Å². The number of nitrogens with one attached hydrogen (secondary N) is 1. The van der Waals surface area contributed by atoms with Crippen LogP contribution in [0.25, 0.3) is 0 Å². The molecule has 0 fully saturated rings. The van der Waals surface area contributed by atoms with E-state index < -0.39 is 35.9 Å². The number of carbonyl (C=O) groups is 3. The maximum absolute atomic E-state index is 13.6. The van der Waals surface area contributed by atoms with Crippen molar-refractivity contribution in [2.24, 2.45) is 0 Å². The van der Waals surface area contributed by atoms with E-state index in [9.17, 15) is 23.2 Å². The molecule has 3 rings (SSSR count). The summed E-state index contributed by atoms with van der Waals surface area (Å²) in [5.74, 6) is -4.57. The number of hydrogen-bond donors (Lipinski definition) is 1. The quantitative estimate of drug-likeness (QED) is 0.412. The lowest BCUT2D eigenvalue weighted by atomic mass is 10.1. The molecule has 1 aliphatic heterocycles. The molecule has 0 radical (unpaired) electrons. The van der Waals surface area contributed by atoms with Crippen LogP contribution < -0.4 is 5.32 Å². The summed E-state index contributed by atoms with van der Waals surface area (Å²) in [5.41, 5.74) is -0.871. The Hall–Kier alpha value is -1.93. The predicted octanol–water partition coefficient (Wildman–Crippen LogP) is 4.81. The Balaban J connectivity index is 1.87. The van der Waals surface area contributed by atoms with Crippen molar-refractivity contribution >= 4 is 69.8 Å². The van der Waals surface area contributed by atoms with Crippen molar-refractivity contribution < 1.29 is 23.2 Å². The monoisotopic (exact) mass is 452 g/mol. The third-order valence-electron chi connectivity index (χ3n) is 3.69. The van der Waals surface area contributed by atoms with E-state index in [1.54, 1.807) is 0 Å². The molecule has 27 heavy (non-hydrogen) atoms. The van der Waals surface area contributed by atoms with E-state index in [1.165, 1.54) is 0 Å². The number of amides is 3. The van der Waals surface area contributed by atoms with Crippen molar-refractivity contribution in [3.05, 3.63) is 61.1 Å². The minimum absolute atomic E-state index is 0.206. The van der Waals surface area contributed by atoms with E-state index in [4.69, 9.17) is 46.4 Å². The molecule has 0 aromatic heterocycles. The number of halogens is 6. The molecule has 11 heteroatoms. The fourth-order valence-corrected chi connectivity index (χ4v) is 3.48. The van der Waals surface area contributed by atoms with Gasteiger partial charge < -0.3 is 5.32 Å². The summed E-state index contributed by atoms with van der Waals surface area (Å²) in [6.07, 6.45) is 0. The Morgan fingerprint density at radius 3 is 1.93 bits per heavy atom. The number of fused-ring (bicyclic) bond motifs is 1. The molecule has 1 aliphatic rings. The van der Waals surface area contributed by atoms with E-state index in [1.807, 2.05) is 0 Å². The molecule has 0 atom stereocenters. The maximum atomic E-state index is 13.6. The molecule has 0 aliphatic carbocycles. The fourth-order valence-electron chi connectivity index (χ4n) is 2.46. The van der Waals surface area contributed by atoms with Gasteiger partial charge >= 0.3 is 0 Å². The summed E-state index contributed by atoms with van der Waals surface area (Å²) in [5, 5.41) is 1.19. The summed E-state index contributed by atoms with van der Waals surface area (Å²) in [6, 6.07) is 2.50. The first-order valence-electron chi connectivity index (χ1n) is 7.10. The van der Waals surface area contributed by atoms with Gasteiger partial charge in [0.05, 0.1) is 36.9 Å². The van der Waals surface area contributed by atoms with Crippen LogP contribution in [0.3, 0.4) is 0 Å². The fraction of sp³-hybridized carbons (Fsp3) is 0.0625. The van der Waals surface area contributed by atoms with Crippen molar-refractivity contribution in [3.8, 4) is 0 Å². The molecule has 5 nitrogen and oxygen atoms in total. The Kier molecular flexibility index (Phi) is 5.31. The van der Waals surface area contributed by atoms with Crippen molar-refractivity contribution in [1.82, 2.24) is 4.90 Å². The smallest absolute Gasteiger partial charge is 0.263 e. The molecular weight excluding hydrogens is 448 g/mol. The lowest BCUT2D eigenvalue weighted by molar-refractivity contribution is -0.116. The Morgan fingerprint density at radius 2 is 1.44 bits per heavy atom. The van der Waals surface area contributed by atoms with Gasteiger partial charge in [-0.05, 0) is 12.1 Å². The van der Waals surface area contributed by atoms with E-state index in [0.717, 1.165) is 12.1 Å². The van der Waals surface area contributed by atoms with Crippen molar-refractivity contribution in [3.63, 3.8) is 0 Å². The largest absolute Gasteiger partial charge is 0.322 e. The highest BCUT2D eigenvalue weighted by atomic mass is 35.5. The van der Waals surface area contributed by atoms with Crippen LogP contribution >= 0.6 is 46.4 Å². The van der Waals surface area contributed by atoms with Gasteiger partial charge in [0, 0.05) is 6.07 Å². The van der Waals surface area contributed by atoms with E-state index in [2.05, 4.69) is 5.32 Å². The minimum Gasteiger partial charge on any atom is -0.322 e. The molecule has 1 N–H and O–H groups in total. The zero-order valence-electron chi connectivity index (χ0n) is 12.9. The second kappa shape index (κ2) is 7.24. The van der Waals surface area contributed by atoms with Gasteiger partial charge in [-0.25, -0.2) is 8.78 Å². The molecule has 140 valence electrons. The third-order valence-corrected chi connectivity index (χ3v) is 5.49. The number of anilines is 1. The lowest BCUT2D eigenvalue weighted by Crippen LogP contribution is -2.37. The summed E-state index contributed by atoms with van der Waals surface area (Å²) in [4.78, 5) is 37.7. The summed E-state index contributed by atoms with van der Waals surface area (Å²) in [7, 11) is 0. The molecule has 2 aromatic carbocycles. The number of nitrogens with zero attached hydrogens (tertiary/aromatic N) is 1. The van der Waals surface area contributed by atoms with E-state index in [-0.39, 0.29) is 36.9 Å². The SMILES string of the molecule is O=C(CN1C(=O)c2c(Cl)c(Cl)c(Cl)c(Cl)c2C1=O)Nc1ccc(F)cc1F. The molecule has 0 saturated heterocycles. The van der Waals surface area contributed by atoms with Crippen LogP contribution in [-0.4, -0.2) is 29.2 Å². The first kappa shape index (κ1) is 19.8. The number of benzene rings is 2. The van der Waals surface area contributed by atoms with Gasteiger partial charge in [-0.15, -0.1) is 0 Å². The van der Waals surface area contributed by atoms with Gasteiger partial charge in [0.1, 0.15) is 18.2 Å². The van der Waals surface area contributed by atoms with Gasteiger partial charge in [0.25, 0.3) is 11.8 Å². The highest BCUT2D eigenvalue weighted by molar-refractivity contribution is 6.55. The normalized spacial score (nSPS) is 13.2. The average molecular weight is 454 g/mol. The van der Waals surface area contributed by atoms with E-state index >= 15 is 0 Å². The van der Waals surface area contributed by atoms with Gasteiger partial charge in [0.15, 0.2) is 0 Å². The van der Waals surface area contributed by atoms with Crippen molar-refractivity contribution in [2.75, 3.05) is 11.9 Å². The Bertz CT molecular complexity index is 982. The first-order chi connectivity index (χ1) is 12.6. The standard InChI is InChI=1S/C16H6Cl4F2N2O3/c17-11-9-10(12(18)14(20)13(11)19)16(27)24(15(9)26)4-8(25)23-7-2-1-5(21)3-6(7)22/h1-3H,4H2,(H,23,25). The van der Waals surface area contributed by atoms with E-state index in [0.29, 0.717) is 11.0 Å². The summed E-state index contributed by atoms with van der Waals surface area (Å²) < 4.78 is 26.5. The van der Waals surface area contributed by atoms with Crippen molar-refractivity contribution in [2.45, 2.75) is 0 Å². The molecule has 3 amide bonds. The first-order valence-corrected chi connectivity index (χ1v) is 8.61. The number of hydrogen-bond acceptors (Lipinski definition) is 3. The zero-order valence-corrected chi connectivity index (χ0v) is 15.9. The number of rotatable bonds is 3. The zero-order chi connectivity index (χ0) is 20.0. The van der Waals surface area contributed by atoms with Crippen LogP contribution in [-0.2, 0) is 4.79 Å². The van der Waals surface area contributed by atoms with Gasteiger partial charge in [0.2, 0.25) is 5.91 Å². The maximum Gasteiger partial charge on any atom is 0.263 e. The highest BCUT2D eigenvalue weighted by Gasteiger charge is 2.42. The molecule has 0 saturated carbocycles. The van der Waals surface area contributed by atoms with Crippen LogP contribution in [0.2, 0.25) is 20.1 Å². The molecular formula is C16H6Cl4F2N2O3. The molecule has 0 spiro atoms.